The van der Waals surface area contributed by atoms with Crippen LogP contribution in [-0.4, -0.2) is 0 Å². The first-order valence-corrected chi connectivity index (χ1v) is 10.2. The van der Waals surface area contributed by atoms with Crippen molar-refractivity contribution in [3.05, 3.63) is 108 Å². The molecule has 0 aromatic heterocycles. The van der Waals surface area contributed by atoms with Crippen LogP contribution in [-0.2, 0) is 5.41 Å². The Morgan fingerprint density at radius 3 is 2.14 bits per heavy atom. The fourth-order valence-corrected chi connectivity index (χ4v) is 4.55. The maximum Gasteiger partial charge on any atom is 0.0414 e. The van der Waals surface area contributed by atoms with E-state index in [4.69, 9.17) is 0 Å². The number of aryl methyl sites for hydroxylation is 1. The van der Waals surface area contributed by atoms with Crippen LogP contribution in [0.4, 0.5) is 11.4 Å². The predicted octanol–water partition coefficient (Wildman–Crippen LogP) is 7.71. The summed E-state index contributed by atoms with van der Waals surface area (Å²) < 4.78 is 0. The van der Waals surface area contributed by atoms with Gasteiger partial charge in [-0.1, -0.05) is 80.6 Å². The van der Waals surface area contributed by atoms with Gasteiger partial charge in [-0.25, -0.2) is 0 Å². The minimum Gasteiger partial charge on any atom is -0.355 e. The third-order valence-electron chi connectivity index (χ3n) is 6.20. The molecule has 0 heterocycles. The van der Waals surface area contributed by atoms with Gasteiger partial charge in [-0.05, 0) is 70.1 Å². The van der Waals surface area contributed by atoms with E-state index in [1.54, 1.807) is 0 Å². The molecule has 142 valence electrons. The summed E-state index contributed by atoms with van der Waals surface area (Å²) in [7, 11) is 0. The Kier molecular flexibility index (Phi) is 4.06. The highest BCUT2D eigenvalue weighted by Gasteiger charge is 2.35. The van der Waals surface area contributed by atoms with Gasteiger partial charge in [-0.15, -0.1) is 0 Å². The summed E-state index contributed by atoms with van der Waals surface area (Å²) in [6.45, 7) is 6.81. The maximum absolute atomic E-state index is 3.65. The lowest BCUT2D eigenvalue weighted by molar-refractivity contribution is 0.660. The van der Waals surface area contributed by atoms with E-state index in [1.165, 1.54) is 38.9 Å². The van der Waals surface area contributed by atoms with Crippen molar-refractivity contribution >= 4 is 11.4 Å². The van der Waals surface area contributed by atoms with Gasteiger partial charge >= 0.3 is 0 Å². The second-order valence-corrected chi connectivity index (χ2v) is 8.45. The molecule has 5 rings (SSSR count). The normalized spacial score (nSPS) is 13.6. The highest BCUT2D eigenvalue weighted by atomic mass is 14.9. The monoisotopic (exact) mass is 375 g/mol. The summed E-state index contributed by atoms with van der Waals surface area (Å²) in [5, 5.41) is 3.65. The lowest BCUT2D eigenvalue weighted by atomic mass is 9.82. The second-order valence-electron chi connectivity index (χ2n) is 8.45. The number of benzene rings is 4. The highest BCUT2D eigenvalue weighted by Crippen LogP contribution is 2.49. The molecule has 0 saturated heterocycles. The third kappa shape index (κ3) is 2.94. The average Bonchev–Trinajstić information content (AvgIpc) is 2.97. The molecule has 1 aliphatic carbocycles. The number of hydrogen-bond donors (Lipinski definition) is 1. The maximum atomic E-state index is 3.65. The number of anilines is 2. The van der Waals surface area contributed by atoms with E-state index in [-0.39, 0.29) is 5.41 Å². The van der Waals surface area contributed by atoms with E-state index in [1.807, 2.05) is 0 Å². The van der Waals surface area contributed by atoms with Crippen LogP contribution in [0.15, 0.2) is 91.0 Å². The van der Waals surface area contributed by atoms with Crippen LogP contribution in [0.3, 0.4) is 0 Å². The first kappa shape index (κ1) is 17.8. The summed E-state index contributed by atoms with van der Waals surface area (Å²) in [5.41, 5.74) is 11.6. The third-order valence-corrected chi connectivity index (χ3v) is 6.20. The van der Waals surface area contributed by atoms with Crippen LogP contribution in [0.2, 0.25) is 0 Å². The Hall–Kier alpha value is -3.32. The van der Waals surface area contributed by atoms with Crippen molar-refractivity contribution in [2.75, 3.05) is 5.32 Å². The van der Waals surface area contributed by atoms with Gasteiger partial charge in [0.1, 0.15) is 0 Å². The summed E-state index contributed by atoms with van der Waals surface area (Å²) >= 11 is 0. The minimum absolute atomic E-state index is 0.0236. The topological polar surface area (TPSA) is 12.0 Å². The number of rotatable bonds is 3. The molecule has 0 unspecified atom stereocenters. The van der Waals surface area contributed by atoms with Gasteiger partial charge in [0.25, 0.3) is 0 Å². The van der Waals surface area contributed by atoms with E-state index in [2.05, 4.69) is 117 Å². The van der Waals surface area contributed by atoms with Gasteiger partial charge in [0.05, 0.1) is 0 Å². The molecule has 1 N–H and O–H groups in total. The van der Waals surface area contributed by atoms with E-state index in [9.17, 15) is 0 Å². The van der Waals surface area contributed by atoms with Gasteiger partial charge in [0, 0.05) is 16.8 Å². The van der Waals surface area contributed by atoms with Crippen LogP contribution in [0.5, 0.6) is 0 Å². The Balaban J connectivity index is 1.48. The molecule has 0 saturated carbocycles. The highest BCUT2D eigenvalue weighted by molar-refractivity contribution is 5.83. The fraction of sp³-hybridized carbons (Fsp3) is 0.143. The van der Waals surface area contributed by atoms with Crippen LogP contribution in [0.25, 0.3) is 22.3 Å². The molecule has 0 spiro atoms. The predicted molar refractivity (Wildman–Crippen MR) is 124 cm³/mol. The Bertz CT molecular complexity index is 1200. The summed E-state index contributed by atoms with van der Waals surface area (Å²) in [6.07, 6.45) is 0. The standard InChI is InChI=1S/C28H25N/c1-19-17-21(20-9-5-4-6-10-20)13-16-27(19)29-22-14-15-24-23-11-7-8-12-25(23)28(2,3)26(24)18-22/h4-18,29H,1-3H3. The lowest BCUT2D eigenvalue weighted by Crippen LogP contribution is -2.15. The first-order chi connectivity index (χ1) is 14.0. The smallest absolute Gasteiger partial charge is 0.0414 e. The average molecular weight is 376 g/mol. The second kappa shape index (κ2) is 6.63. The molecule has 4 aromatic carbocycles. The summed E-state index contributed by atoms with van der Waals surface area (Å²) in [6, 6.07) is 32.7. The Morgan fingerprint density at radius 2 is 1.34 bits per heavy atom. The summed E-state index contributed by atoms with van der Waals surface area (Å²) in [4.78, 5) is 0. The quantitative estimate of drug-likeness (QED) is 0.386. The van der Waals surface area contributed by atoms with Crippen molar-refractivity contribution in [2.45, 2.75) is 26.2 Å². The lowest BCUT2D eigenvalue weighted by Gasteiger charge is -2.22. The Morgan fingerprint density at radius 1 is 0.621 bits per heavy atom. The molecular weight excluding hydrogens is 350 g/mol. The molecule has 0 aliphatic heterocycles. The SMILES string of the molecule is Cc1cc(-c2ccccc2)ccc1Nc1ccc2c(c1)C(C)(C)c1ccccc1-2. The zero-order valence-electron chi connectivity index (χ0n) is 17.2. The molecule has 0 amide bonds. The van der Waals surface area contributed by atoms with Crippen molar-refractivity contribution in [1.82, 2.24) is 0 Å². The molecule has 1 heteroatoms. The molecule has 29 heavy (non-hydrogen) atoms. The van der Waals surface area contributed by atoms with Gasteiger partial charge in [-0.3, -0.25) is 0 Å². The van der Waals surface area contributed by atoms with E-state index >= 15 is 0 Å². The van der Waals surface area contributed by atoms with Crippen molar-refractivity contribution in [3.8, 4) is 22.3 Å². The van der Waals surface area contributed by atoms with Crippen LogP contribution >= 0.6 is 0 Å². The fourth-order valence-electron chi connectivity index (χ4n) is 4.55. The van der Waals surface area contributed by atoms with Crippen LogP contribution in [0, 0.1) is 6.92 Å². The van der Waals surface area contributed by atoms with Crippen molar-refractivity contribution in [3.63, 3.8) is 0 Å². The Labute approximate surface area is 173 Å². The first-order valence-electron chi connectivity index (χ1n) is 10.2. The van der Waals surface area contributed by atoms with Gasteiger partial charge in [0.2, 0.25) is 0 Å². The van der Waals surface area contributed by atoms with Crippen LogP contribution < -0.4 is 5.32 Å². The molecule has 4 aromatic rings. The van der Waals surface area contributed by atoms with Gasteiger partial charge in [-0.2, -0.15) is 0 Å². The zero-order chi connectivity index (χ0) is 20.0. The van der Waals surface area contributed by atoms with Crippen molar-refractivity contribution in [1.29, 1.82) is 0 Å². The number of nitrogens with one attached hydrogen (secondary N) is 1. The van der Waals surface area contributed by atoms with Gasteiger partial charge < -0.3 is 5.32 Å². The summed E-state index contributed by atoms with van der Waals surface area (Å²) in [5.74, 6) is 0. The van der Waals surface area contributed by atoms with Crippen LogP contribution in [0.1, 0.15) is 30.5 Å². The molecular formula is C28H25N. The molecule has 0 atom stereocenters. The van der Waals surface area contributed by atoms with E-state index < -0.39 is 0 Å². The van der Waals surface area contributed by atoms with E-state index in [0.717, 1.165) is 11.4 Å². The zero-order valence-corrected chi connectivity index (χ0v) is 17.2. The molecule has 1 aliphatic rings. The van der Waals surface area contributed by atoms with Crippen molar-refractivity contribution < 1.29 is 0 Å². The van der Waals surface area contributed by atoms with Crippen molar-refractivity contribution in [2.24, 2.45) is 0 Å². The van der Waals surface area contributed by atoms with E-state index in [0.29, 0.717) is 0 Å². The number of hydrogen-bond acceptors (Lipinski definition) is 1. The largest absolute Gasteiger partial charge is 0.355 e. The molecule has 0 bridgehead atoms. The minimum atomic E-state index is 0.0236. The molecule has 0 radical (unpaired) electrons. The number of fused-ring (bicyclic) bond motifs is 3. The van der Waals surface area contributed by atoms with Gasteiger partial charge in [0.15, 0.2) is 0 Å². The molecule has 0 fully saturated rings. The molecule has 1 nitrogen and oxygen atoms in total.